The van der Waals surface area contributed by atoms with Crippen LogP contribution in [0.15, 0.2) is 42.0 Å². The molecule has 1 fully saturated rings. The van der Waals surface area contributed by atoms with Crippen LogP contribution >= 0.6 is 11.3 Å². The number of carbonyl (C=O) groups excluding carboxylic acids is 3. The molecule has 0 bridgehead atoms. The van der Waals surface area contributed by atoms with Gasteiger partial charge in [-0.3, -0.25) is 14.5 Å². The van der Waals surface area contributed by atoms with E-state index in [1.807, 2.05) is 0 Å². The van der Waals surface area contributed by atoms with Gasteiger partial charge < -0.3 is 24.1 Å². The lowest BCUT2D eigenvalue weighted by molar-refractivity contribution is -0.132. The molecule has 1 unspecified atom stereocenters. The largest absolute Gasteiger partial charge is 0.507 e. The Morgan fingerprint density at radius 3 is 2.36 bits per heavy atom. The van der Waals surface area contributed by atoms with Crippen molar-refractivity contribution < 1.29 is 38.4 Å². The molecule has 0 radical (unpaired) electrons. The molecule has 1 amide bonds. The number of Topliss-reactive ketones (excluding diaryl/α,β-unsaturated/α-hetero) is 1. The molecule has 1 aliphatic rings. The number of esters is 1. The Labute approximate surface area is 229 Å². The number of benzene rings is 2. The second-order valence-electron chi connectivity index (χ2n) is 8.59. The van der Waals surface area contributed by atoms with Gasteiger partial charge in [0.05, 0.1) is 39.2 Å². The van der Waals surface area contributed by atoms with Crippen LogP contribution in [0.25, 0.3) is 5.76 Å². The zero-order valence-corrected chi connectivity index (χ0v) is 23.2. The Morgan fingerprint density at radius 1 is 1.03 bits per heavy atom. The number of aromatic nitrogens is 1. The highest BCUT2D eigenvalue weighted by atomic mass is 32.1. The van der Waals surface area contributed by atoms with Gasteiger partial charge in [0.2, 0.25) is 0 Å². The van der Waals surface area contributed by atoms with Gasteiger partial charge in [-0.15, -0.1) is 0 Å². The molecular weight excluding hydrogens is 524 g/mol. The minimum atomic E-state index is -1.12. The average Bonchev–Trinajstić information content (AvgIpc) is 3.44. The molecule has 39 heavy (non-hydrogen) atoms. The molecule has 0 spiro atoms. The number of aliphatic hydroxyl groups excluding tert-OH is 1. The predicted molar refractivity (Wildman–Crippen MR) is 145 cm³/mol. The summed E-state index contributed by atoms with van der Waals surface area (Å²) in [7, 11) is 4.48. The first-order valence-electron chi connectivity index (χ1n) is 12.0. The van der Waals surface area contributed by atoms with Crippen LogP contribution in [0.4, 0.5) is 5.13 Å². The highest BCUT2D eigenvalue weighted by Crippen LogP contribution is 2.47. The Kier molecular flexibility index (Phi) is 7.91. The highest BCUT2D eigenvalue weighted by molar-refractivity contribution is 7.17. The predicted octanol–water partition coefficient (Wildman–Crippen LogP) is 4.59. The number of hydrogen-bond donors (Lipinski definition) is 1. The van der Waals surface area contributed by atoms with Crippen molar-refractivity contribution >= 4 is 39.9 Å². The van der Waals surface area contributed by atoms with Crippen LogP contribution in [0, 0.1) is 13.8 Å². The Bertz CT molecular complexity index is 1490. The number of ether oxygens (including phenoxy) is 4. The summed E-state index contributed by atoms with van der Waals surface area (Å²) in [6.07, 6.45) is 0. The number of anilines is 1. The molecule has 10 nitrogen and oxygen atoms in total. The molecule has 3 aromatic rings. The summed E-state index contributed by atoms with van der Waals surface area (Å²) in [5, 5.41) is 11.6. The van der Waals surface area contributed by atoms with Gasteiger partial charge in [-0.1, -0.05) is 11.3 Å². The maximum Gasteiger partial charge on any atom is 0.350 e. The fourth-order valence-corrected chi connectivity index (χ4v) is 5.41. The number of carbonyl (C=O) groups is 3. The number of aryl methyl sites for hydroxylation is 2. The van der Waals surface area contributed by atoms with Gasteiger partial charge in [0.1, 0.15) is 33.9 Å². The van der Waals surface area contributed by atoms with E-state index >= 15 is 0 Å². The Hall–Kier alpha value is -4.38. The number of amides is 1. The van der Waals surface area contributed by atoms with E-state index in [0.717, 1.165) is 16.9 Å². The number of rotatable bonds is 8. The van der Waals surface area contributed by atoms with Crippen molar-refractivity contribution in [3.63, 3.8) is 0 Å². The van der Waals surface area contributed by atoms with Crippen molar-refractivity contribution in [2.45, 2.75) is 26.8 Å². The Balaban J connectivity index is 1.97. The first kappa shape index (κ1) is 27.6. The molecule has 11 heteroatoms. The van der Waals surface area contributed by atoms with E-state index in [-0.39, 0.29) is 27.9 Å². The molecule has 1 aromatic heterocycles. The van der Waals surface area contributed by atoms with Gasteiger partial charge in [0.15, 0.2) is 5.13 Å². The first-order valence-corrected chi connectivity index (χ1v) is 12.8. The average molecular weight is 553 g/mol. The zero-order valence-electron chi connectivity index (χ0n) is 22.4. The minimum absolute atomic E-state index is 0.102. The normalized spacial score (nSPS) is 16.4. The highest BCUT2D eigenvalue weighted by Gasteiger charge is 2.49. The van der Waals surface area contributed by atoms with Crippen LogP contribution in [0.2, 0.25) is 0 Å². The summed E-state index contributed by atoms with van der Waals surface area (Å²) in [5.74, 6) is -1.35. The second-order valence-corrected chi connectivity index (χ2v) is 9.57. The minimum Gasteiger partial charge on any atom is -0.507 e. The van der Waals surface area contributed by atoms with Crippen LogP contribution in [-0.2, 0) is 14.3 Å². The maximum absolute atomic E-state index is 13.5. The van der Waals surface area contributed by atoms with Crippen LogP contribution in [0.1, 0.15) is 45.0 Å². The molecule has 0 aliphatic carbocycles. The van der Waals surface area contributed by atoms with E-state index in [2.05, 4.69) is 4.98 Å². The second kappa shape index (κ2) is 11.2. The lowest BCUT2D eigenvalue weighted by Gasteiger charge is -2.25. The molecule has 0 saturated carbocycles. The van der Waals surface area contributed by atoms with E-state index in [1.54, 1.807) is 57.2 Å². The van der Waals surface area contributed by atoms with Crippen molar-refractivity contribution in [2.24, 2.45) is 0 Å². The van der Waals surface area contributed by atoms with Gasteiger partial charge in [-0.05, 0) is 56.7 Å². The van der Waals surface area contributed by atoms with E-state index in [9.17, 15) is 19.5 Å². The SMILES string of the molecule is CCOC(=O)c1sc(N2C(=O)C(=O)/C(=C(/O)c3ccc(OC)c(C)c3)C2c2ccc(OC)cc2OC)nc1C. The van der Waals surface area contributed by atoms with Crippen molar-refractivity contribution in [2.75, 3.05) is 32.8 Å². The topological polar surface area (TPSA) is 124 Å². The summed E-state index contributed by atoms with van der Waals surface area (Å²) < 4.78 is 21.3. The van der Waals surface area contributed by atoms with Gasteiger partial charge >= 0.3 is 11.9 Å². The number of methoxy groups -OCH3 is 3. The summed E-state index contributed by atoms with van der Waals surface area (Å²) >= 11 is 0.928. The third-order valence-corrected chi connectivity index (χ3v) is 7.44. The number of aliphatic hydroxyl groups is 1. The molecular formula is C28H28N2O8S. The van der Waals surface area contributed by atoms with Gasteiger partial charge in [0.25, 0.3) is 5.78 Å². The van der Waals surface area contributed by atoms with E-state index in [1.165, 1.54) is 26.2 Å². The van der Waals surface area contributed by atoms with Crippen LogP contribution < -0.4 is 19.1 Å². The molecule has 4 rings (SSSR count). The fraction of sp³-hybridized carbons (Fsp3) is 0.286. The fourth-order valence-electron chi connectivity index (χ4n) is 4.42. The third-order valence-electron chi connectivity index (χ3n) is 6.30. The summed E-state index contributed by atoms with van der Waals surface area (Å²) in [6, 6.07) is 8.74. The smallest absolute Gasteiger partial charge is 0.350 e. The van der Waals surface area contributed by atoms with E-state index in [4.69, 9.17) is 18.9 Å². The van der Waals surface area contributed by atoms with Crippen molar-refractivity contribution in [1.82, 2.24) is 4.98 Å². The van der Waals surface area contributed by atoms with Gasteiger partial charge in [-0.25, -0.2) is 9.78 Å². The molecule has 1 aliphatic heterocycles. The first-order chi connectivity index (χ1) is 18.7. The number of nitrogens with zero attached hydrogens (tertiary/aromatic N) is 2. The standard InChI is InChI=1S/C28H28N2O8S/c1-7-38-27(34)25-15(3)29-28(39-25)30-22(18-10-9-17(35-4)13-20(18)37-6)21(24(32)26(30)33)23(31)16-8-11-19(36-5)14(2)12-16/h8-13,22,31H,7H2,1-6H3/b23-21+. The number of hydrogen-bond acceptors (Lipinski definition) is 10. The van der Waals surface area contributed by atoms with Crippen molar-refractivity contribution in [1.29, 1.82) is 0 Å². The van der Waals surface area contributed by atoms with Crippen molar-refractivity contribution in [3.05, 3.63) is 69.2 Å². The monoisotopic (exact) mass is 552 g/mol. The maximum atomic E-state index is 13.5. The number of thiazole rings is 1. The molecule has 1 atom stereocenters. The van der Waals surface area contributed by atoms with Gasteiger partial charge in [-0.2, -0.15) is 0 Å². The van der Waals surface area contributed by atoms with E-state index in [0.29, 0.717) is 34.1 Å². The van der Waals surface area contributed by atoms with Gasteiger partial charge in [0, 0.05) is 17.2 Å². The molecule has 2 aromatic carbocycles. The zero-order chi connectivity index (χ0) is 28.4. The van der Waals surface area contributed by atoms with Crippen LogP contribution in [-0.4, -0.2) is 55.7 Å². The van der Waals surface area contributed by atoms with E-state index < -0.39 is 23.7 Å². The summed E-state index contributed by atoms with van der Waals surface area (Å²) in [5.41, 5.74) is 1.66. The third kappa shape index (κ3) is 4.92. The molecule has 204 valence electrons. The molecule has 1 saturated heterocycles. The molecule has 1 N–H and O–H groups in total. The summed E-state index contributed by atoms with van der Waals surface area (Å²) in [4.78, 5) is 45.4. The lowest BCUT2D eigenvalue weighted by Crippen LogP contribution is -2.29. The van der Waals surface area contributed by atoms with Crippen LogP contribution in [0.5, 0.6) is 17.2 Å². The number of ketones is 1. The summed E-state index contributed by atoms with van der Waals surface area (Å²) in [6.45, 7) is 5.27. The van der Waals surface area contributed by atoms with Crippen LogP contribution in [0.3, 0.4) is 0 Å². The quantitative estimate of drug-likeness (QED) is 0.185. The molecule has 2 heterocycles. The Morgan fingerprint density at radius 2 is 1.74 bits per heavy atom. The van der Waals surface area contributed by atoms with Crippen molar-refractivity contribution in [3.8, 4) is 17.2 Å². The lowest BCUT2D eigenvalue weighted by atomic mass is 9.94.